The number of unbranched alkanes of at least 4 members (excludes halogenated alkanes) is 1. The van der Waals surface area contributed by atoms with E-state index in [1.165, 1.54) is 0 Å². The van der Waals surface area contributed by atoms with E-state index in [2.05, 4.69) is 39.8 Å². The maximum atomic E-state index is 5.41. The summed E-state index contributed by atoms with van der Waals surface area (Å²) in [5.41, 5.74) is 0. The molecule has 0 aromatic rings. The van der Waals surface area contributed by atoms with Gasteiger partial charge < -0.3 is 4.74 Å². The van der Waals surface area contributed by atoms with Crippen molar-refractivity contribution in [3.8, 4) is 0 Å². The van der Waals surface area contributed by atoms with Gasteiger partial charge in [-0.3, -0.25) is 0 Å². The minimum atomic E-state index is 0.374. The molecule has 0 radical (unpaired) electrons. The normalized spacial score (nSPS) is 12.2. The van der Waals surface area contributed by atoms with Gasteiger partial charge in [0, 0.05) is 6.61 Å². The number of hydrogen-bond donors (Lipinski definition) is 0. The Hall–Kier alpha value is -0.300. The monoisotopic (exact) mass is 170 g/mol. The molecule has 0 heterocycles. The van der Waals surface area contributed by atoms with Crippen LogP contribution in [-0.4, -0.2) is 12.7 Å². The Labute approximate surface area is 76.8 Å². The minimum absolute atomic E-state index is 0.374. The molecular weight excluding hydrogens is 148 g/mol. The maximum Gasteiger partial charge on any atom is 0.0518 e. The van der Waals surface area contributed by atoms with Crippen molar-refractivity contribution >= 4 is 0 Å². The third kappa shape index (κ3) is 9.70. The van der Waals surface area contributed by atoms with Crippen LogP contribution in [0, 0.1) is 5.92 Å². The van der Waals surface area contributed by atoms with E-state index < -0.39 is 0 Å². The Bertz CT molecular complexity index is 114. The molecule has 0 fully saturated rings. The zero-order chi connectivity index (χ0) is 9.40. The highest BCUT2D eigenvalue weighted by Gasteiger charge is 1.91. The molecule has 0 aliphatic carbocycles. The average Bonchev–Trinajstić information content (AvgIpc) is 1.95. The molecule has 1 heteroatoms. The van der Waals surface area contributed by atoms with Crippen molar-refractivity contribution in [2.75, 3.05) is 6.61 Å². The highest BCUT2D eigenvalue weighted by Crippen LogP contribution is 1.99. The van der Waals surface area contributed by atoms with Gasteiger partial charge in [0.25, 0.3) is 0 Å². The average molecular weight is 170 g/mol. The van der Waals surface area contributed by atoms with Gasteiger partial charge in [-0.05, 0) is 32.6 Å². The van der Waals surface area contributed by atoms with Crippen molar-refractivity contribution in [3.63, 3.8) is 0 Å². The van der Waals surface area contributed by atoms with Crippen molar-refractivity contribution in [2.24, 2.45) is 5.92 Å². The highest BCUT2D eigenvalue weighted by molar-refractivity contribution is 4.83. The van der Waals surface area contributed by atoms with Gasteiger partial charge in [0.1, 0.15) is 0 Å². The predicted molar refractivity (Wildman–Crippen MR) is 54.3 cm³/mol. The molecule has 0 rings (SSSR count). The SMILES string of the molecule is CC(C)C=CCCCOC(C)C. The van der Waals surface area contributed by atoms with Crippen molar-refractivity contribution in [2.45, 2.75) is 46.6 Å². The number of rotatable bonds is 6. The van der Waals surface area contributed by atoms with Gasteiger partial charge in [-0.15, -0.1) is 0 Å². The first-order valence-electron chi connectivity index (χ1n) is 4.91. The molecule has 1 nitrogen and oxygen atoms in total. The largest absolute Gasteiger partial charge is 0.379 e. The number of allylic oxidation sites excluding steroid dienone is 2. The molecule has 0 saturated heterocycles. The van der Waals surface area contributed by atoms with E-state index in [-0.39, 0.29) is 0 Å². The Morgan fingerprint density at radius 3 is 2.33 bits per heavy atom. The molecule has 0 atom stereocenters. The third-order valence-electron chi connectivity index (χ3n) is 1.49. The lowest BCUT2D eigenvalue weighted by atomic mass is 10.2. The fourth-order valence-electron chi connectivity index (χ4n) is 0.889. The smallest absolute Gasteiger partial charge is 0.0518 e. The molecule has 0 bridgehead atoms. The van der Waals surface area contributed by atoms with Crippen molar-refractivity contribution in [1.29, 1.82) is 0 Å². The van der Waals surface area contributed by atoms with Gasteiger partial charge in [0.2, 0.25) is 0 Å². The van der Waals surface area contributed by atoms with Gasteiger partial charge in [-0.25, -0.2) is 0 Å². The zero-order valence-electron chi connectivity index (χ0n) is 8.84. The summed E-state index contributed by atoms with van der Waals surface area (Å²) >= 11 is 0. The summed E-state index contributed by atoms with van der Waals surface area (Å²) < 4.78 is 5.41. The van der Waals surface area contributed by atoms with E-state index in [9.17, 15) is 0 Å². The lowest BCUT2D eigenvalue weighted by Gasteiger charge is -2.05. The van der Waals surface area contributed by atoms with Gasteiger partial charge in [0.05, 0.1) is 6.10 Å². The summed E-state index contributed by atoms with van der Waals surface area (Å²) in [6.07, 6.45) is 7.15. The third-order valence-corrected chi connectivity index (χ3v) is 1.49. The summed E-state index contributed by atoms with van der Waals surface area (Å²) in [5, 5.41) is 0. The second-order valence-electron chi connectivity index (χ2n) is 3.73. The van der Waals surface area contributed by atoms with Crippen LogP contribution >= 0.6 is 0 Å². The van der Waals surface area contributed by atoms with E-state index in [0.29, 0.717) is 12.0 Å². The first kappa shape index (κ1) is 11.7. The standard InChI is InChI=1S/C11H22O/c1-10(2)8-6-5-7-9-12-11(3)4/h6,8,10-11H,5,7,9H2,1-4H3. The molecule has 0 unspecified atom stereocenters. The van der Waals surface area contributed by atoms with E-state index in [1.54, 1.807) is 0 Å². The summed E-state index contributed by atoms with van der Waals surface area (Å²) in [6.45, 7) is 9.43. The summed E-state index contributed by atoms with van der Waals surface area (Å²) in [4.78, 5) is 0. The van der Waals surface area contributed by atoms with E-state index in [4.69, 9.17) is 4.74 Å². The van der Waals surface area contributed by atoms with Crippen LogP contribution in [0.25, 0.3) is 0 Å². The Morgan fingerprint density at radius 2 is 1.83 bits per heavy atom. The Kier molecular flexibility index (Phi) is 7.17. The topological polar surface area (TPSA) is 9.23 Å². The second kappa shape index (κ2) is 7.35. The quantitative estimate of drug-likeness (QED) is 0.438. The van der Waals surface area contributed by atoms with Crippen molar-refractivity contribution < 1.29 is 4.74 Å². The van der Waals surface area contributed by atoms with Crippen LogP contribution < -0.4 is 0 Å². The lowest BCUT2D eigenvalue weighted by Crippen LogP contribution is -2.03. The molecule has 0 spiro atoms. The van der Waals surface area contributed by atoms with Crippen LogP contribution in [-0.2, 0) is 4.74 Å². The molecule has 72 valence electrons. The number of ether oxygens (including phenoxy) is 1. The molecule has 0 aromatic heterocycles. The molecule has 0 amide bonds. The minimum Gasteiger partial charge on any atom is -0.379 e. The van der Waals surface area contributed by atoms with Crippen LogP contribution in [0.5, 0.6) is 0 Å². The fraction of sp³-hybridized carbons (Fsp3) is 0.818. The fourth-order valence-corrected chi connectivity index (χ4v) is 0.889. The van der Waals surface area contributed by atoms with Gasteiger partial charge in [-0.1, -0.05) is 26.0 Å². The maximum absolute atomic E-state index is 5.41. The Balaban J connectivity index is 3.11. The first-order chi connectivity index (χ1) is 5.63. The molecule has 0 N–H and O–H groups in total. The van der Waals surface area contributed by atoms with Gasteiger partial charge in [-0.2, -0.15) is 0 Å². The van der Waals surface area contributed by atoms with E-state index >= 15 is 0 Å². The number of hydrogen-bond acceptors (Lipinski definition) is 1. The molecule has 0 aliphatic rings. The van der Waals surface area contributed by atoms with E-state index in [0.717, 1.165) is 19.4 Å². The lowest BCUT2D eigenvalue weighted by molar-refractivity contribution is 0.0775. The van der Waals surface area contributed by atoms with Crippen molar-refractivity contribution in [1.82, 2.24) is 0 Å². The predicted octanol–water partition coefficient (Wildman–Crippen LogP) is 3.40. The van der Waals surface area contributed by atoms with Crippen LogP contribution in [0.1, 0.15) is 40.5 Å². The van der Waals surface area contributed by atoms with Crippen LogP contribution in [0.4, 0.5) is 0 Å². The molecular formula is C11H22O. The second-order valence-corrected chi connectivity index (χ2v) is 3.73. The zero-order valence-corrected chi connectivity index (χ0v) is 8.84. The summed E-state index contributed by atoms with van der Waals surface area (Å²) in [6, 6.07) is 0. The first-order valence-corrected chi connectivity index (χ1v) is 4.91. The van der Waals surface area contributed by atoms with Crippen molar-refractivity contribution in [3.05, 3.63) is 12.2 Å². The summed E-state index contributed by atoms with van der Waals surface area (Å²) in [7, 11) is 0. The summed E-state index contributed by atoms with van der Waals surface area (Å²) in [5.74, 6) is 0.677. The van der Waals surface area contributed by atoms with Gasteiger partial charge >= 0.3 is 0 Å². The van der Waals surface area contributed by atoms with E-state index in [1.807, 2.05) is 0 Å². The van der Waals surface area contributed by atoms with Crippen LogP contribution in [0.15, 0.2) is 12.2 Å². The Morgan fingerprint density at radius 1 is 1.17 bits per heavy atom. The molecule has 0 aromatic carbocycles. The van der Waals surface area contributed by atoms with Crippen LogP contribution in [0.2, 0.25) is 0 Å². The van der Waals surface area contributed by atoms with Crippen LogP contribution in [0.3, 0.4) is 0 Å². The molecule has 0 saturated carbocycles. The van der Waals surface area contributed by atoms with Gasteiger partial charge in [0.15, 0.2) is 0 Å². The molecule has 12 heavy (non-hydrogen) atoms. The molecule has 0 aliphatic heterocycles. The highest BCUT2D eigenvalue weighted by atomic mass is 16.5.